The first-order valence-electron chi connectivity index (χ1n) is 8.09. The van der Waals surface area contributed by atoms with Crippen molar-refractivity contribution in [3.05, 3.63) is 0 Å². The molecule has 3 saturated heterocycles. The van der Waals surface area contributed by atoms with Crippen LogP contribution in [-0.4, -0.2) is 69.8 Å². The monoisotopic (exact) mass is 308 g/mol. The molecule has 3 aliphatic heterocycles. The van der Waals surface area contributed by atoms with Gasteiger partial charge in [0.15, 0.2) is 0 Å². The Labute approximate surface area is 130 Å². The minimum Gasteiger partial charge on any atom is -0.367 e. The molecule has 0 saturated carbocycles. The summed E-state index contributed by atoms with van der Waals surface area (Å²) in [6.07, 6.45) is 2.53. The van der Waals surface area contributed by atoms with E-state index in [1.165, 1.54) is 9.80 Å². The van der Waals surface area contributed by atoms with E-state index >= 15 is 0 Å². The number of carbonyl (C=O) groups excluding carboxylic acids is 3. The van der Waals surface area contributed by atoms with Crippen LogP contribution in [0, 0.1) is 0 Å². The molecule has 7 nitrogen and oxygen atoms in total. The molecule has 0 spiro atoms. The van der Waals surface area contributed by atoms with E-state index in [0.29, 0.717) is 25.4 Å². The van der Waals surface area contributed by atoms with Gasteiger partial charge in [-0.2, -0.15) is 0 Å². The molecular weight excluding hydrogens is 284 g/mol. The smallest absolute Gasteiger partial charge is 0.328 e. The minimum atomic E-state index is -1.41. The molecule has 1 atom stereocenters. The molecular formula is C15H24N4O3. The summed E-state index contributed by atoms with van der Waals surface area (Å²) in [6, 6.07) is 0.0205. The second-order valence-electron chi connectivity index (χ2n) is 6.80. The Bertz CT molecular complexity index is 513. The average molecular weight is 308 g/mol. The Morgan fingerprint density at radius 3 is 2.36 bits per heavy atom. The Morgan fingerprint density at radius 2 is 1.86 bits per heavy atom. The third-order valence-electron chi connectivity index (χ3n) is 5.39. The molecule has 0 unspecified atom stereocenters. The Morgan fingerprint density at radius 1 is 1.23 bits per heavy atom. The van der Waals surface area contributed by atoms with Crippen LogP contribution < -0.4 is 5.73 Å². The van der Waals surface area contributed by atoms with Gasteiger partial charge in [-0.25, -0.2) is 4.79 Å². The molecule has 22 heavy (non-hydrogen) atoms. The number of likely N-dealkylation sites (tertiary alicyclic amines) is 1. The maximum Gasteiger partial charge on any atom is 0.328 e. The highest BCUT2D eigenvalue weighted by atomic mass is 16.2. The van der Waals surface area contributed by atoms with Crippen LogP contribution in [0.5, 0.6) is 0 Å². The molecule has 3 heterocycles. The van der Waals surface area contributed by atoms with Crippen LogP contribution in [0.25, 0.3) is 0 Å². The molecule has 2 N–H and O–H groups in total. The first kappa shape index (κ1) is 15.3. The molecule has 3 rings (SSSR count). The van der Waals surface area contributed by atoms with Gasteiger partial charge in [0.2, 0.25) is 5.54 Å². The lowest BCUT2D eigenvalue weighted by atomic mass is 9.94. The van der Waals surface area contributed by atoms with Gasteiger partial charge in [0.05, 0.1) is 0 Å². The molecule has 0 aromatic heterocycles. The number of fused-ring (bicyclic) bond motifs is 1. The highest BCUT2D eigenvalue weighted by molar-refractivity contribution is 6.20. The number of hydrogen-bond acceptors (Lipinski definition) is 4. The van der Waals surface area contributed by atoms with Crippen LogP contribution in [0.15, 0.2) is 0 Å². The Balaban J connectivity index is 1.80. The number of nitrogens with zero attached hydrogens (tertiary/aromatic N) is 3. The molecule has 0 aliphatic carbocycles. The van der Waals surface area contributed by atoms with Gasteiger partial charge in [-0.05, 0) is 39.5 Å². The number of amides is 4. The summed E-state index contributed by atoms with van der Waals surface area (Å²) in [5.41, 5.74) is 4.08. The third kappa shape index (κ3) is 1.95. The van der Waals surface area contributed by atoms with Crippen molar-refractivity contribution in [3.63, 3.8) is 0 Å². The summed E-state index contributed by atoms with van der Waals surface area (Å²) in [5.74, 6) is -1.09. The zero-order valence-electron chi connectivity index (χ0n) is 13.2. The topological polar surface area (TPSA) is 86.9 Å². The van der Waals surface area contributed by atoms with E-state index in [4.69, 9.17) is 5.73 Å². The van der Waals surface area contributed by atoms with Crippen molar-refractivity contribution in [2.24, 2.45) is 5.73 Å². The maximum absolute atomic E-state index is 12.8. The number of primary amides is 1. The largest absolute Gasteiger partial charge is 0.367 e. The van der Waals surface area contributed by atoms with Gasteiger partial charge in [-0.1, -0.05) is 0 Å². The van der Waals surface area contributed by atoms with Crippen molar-refractivity contribution >= 4 is 17.8 Å². The van der Waals surface area contributed by atoms with Crippen molar-refractivity contribution in [3.8, 4) is 0 Å². The lowest BCUT2D eigenvalue weighted by molar-refractivity contribution is -0.142. The van der Waals surface area contributed by atoms with Gasteiger partial charge >= 0.3 is 6.03 Å². The fourth-order valence-electron chi connectivity index (χ4n) is 4.06. The van der Waals surface area contributed by atoms with E-state index in [1.807, 2.05) is 0 Å². The maximum atomic E-state index is 12.8. The first-order chi connectivity index (χ1) is 10.4. The quantitative estimate of drug-likeness (QED) is 0.593. The molecule has 0 aromatic carbocycles. The van der Waals surface area contributed by atoms with E-state index < -0.39 is 17.4 Å². The Hall–Kier alpha value is -1.63. The predicted molar refractivity (Wildman–Crippen MR) is 79.8 cm³/mol. The standard InChI is InChI=1S/C15H24N4O3/c1-10(2)17-8-4-11(5-9-17)19-13(21)15(12(16)20)6-3-7-18(15)14(19)22/h10-11H,3-9H2,1-2H3,(H2,16,20)/t15-/m0/s1. The zero-order valence-corrected chi connectivity index (χ0v) is 13.2. The van der Waals surface area contributed by atoms with Gasteiger partial charge < -0.3 is 15.5 Å². The van der Waals surface area contributed by atoms with Crippen LogP contribution in [0.3, 0.4) is 0 Å². The summed E-state index contributed by atoms with van der Waals surface area (Å²) in [4.78, 5) is 42.4. The van der Waals surface area contributed by atoms with Crippen molar-refractivity contribution in [1.82, 2.24) is 14.7 Å². The van der Waals surface area contributed by atoms with Crippen LogP contribution in [0.2, 0.25) is 0 Å². The normalized spacial score (nSPS) is 30.5. The second kappa shape index (κ2) is 5.22. The van der Waals surface area contributed by atoms with Crippen molar-refractivity contribution < 1.29 is 14.4 Å². The highest BCUT2D eigenvalue weighted by Crippen LogP contribution is 2.39. The number of carbonyl (C=O) groups is 3. The molecule has 0 bridgehead atoms. The molecule has 0 aromatic rings. The van der Waals surface area contributed by atoms with Crippen LogP contribution in [-0.2, 0) is 9.59 Å². The summed E-state index contributed by atoms with van der Waals surface area (Å²) in [5, 5.41) is 0. The molecule has 0 radical (unpaired) electrons. The van der Waals surface area contributed by atoms with Gasteiger partial charge in [-0.3, -0.25) is 14.5 Å². The summed E-state index contributed by atoms with van der Waals surface area (Å²) in [6.45, 7) is 6.45. The van der Waals surface area contributed by atoms with Gasteiger partial charge in [0.25, 0.3) is 11.8 Å². The number of urea groups is 1. The van der Waals surface area contributed by atoms with E-state index in [9.17, 15) is 14.4 Å². The number of nitrogens with two attached hydrogens (primary N) is 1. The molecule has 7 heteroatoms. The van der Waals surface area contributed by atoms with Crippen molar-refractivity contribution in [2.75, 3.05) is 19.6 Å². The predicted octanol–water partition coefficient (Wildman–Crippen LogP) is 0.141. The number of rotatable bonds is 3. The lowest BCUT2D eigenvalue weighted by Crippen LogP contribution is -2.56. The number of piperidine rings is 1. The van der Waals surface area contributed by atoms with E-state index in [2.05, 4.69) is 18.7 Å². The van der Waals surface area contributed by atoms with Crippen LogP contribution in [0.1, 0.15) is 39.5 Å². The second-order valence-corrected chi connectivity index (χ2v) is 6.80. The van der Waals surface area contributed by atoms with Gasteiger partial charge in [-0.15, -0.1) is 0 Å². The van der Waals surface area contributed by atoms with Gasteiger partial charge in [0.1, 0.15) is 0 Å². The Kier molecular flexibility index (Phi) is 3.63. The average Bonchev–Trinajstić information content (AvgIpc) is 3.00. The van der Waals surface area contributed by atoms with Crippen molar-refractivity contribution in [2.45, 2.75) is 57.2 Å². The zero-order chi connectivity index (χ0) is 16.1. The third-order valence-corrected chi connectivity index (χ3v) is 5.39. The van der Waals surface area contributed by atoms with Crippen molar-refractivity contribution in [1.29, 1.82) is 0 Å². The SMILES string of the molecule is CC(C)N1CCC(N2C(=O)N3CCC[C@]3(C(N)=O)C2=O)CC1. The molecule has 122 valence electrons. The van der Waals surface area contributed by atoms with E-state index in [0.717, 1.165) is 25.9 Å². The van der Waals surface area contributed by atoms with Gasteiger partial charge in [0, 0.05) is 31.7 Å². The fraction of sp³-hybridized carbons (Fsp3) is 0.800. The highest BCUT2D eigenvalue weighted by Gasteiger charge is 2.64. The molecule has 3 aliphatic rings. The summed E-state index contributed by atoms with van der Waals surface area (Å²) >= 11 is 0. The fourth-order valence-corrected chi connectivity index (χ4v) is 4.06. The first-order valence-corrected chi connectivity index (χ1v) is 8.09. The molecule has 4 amide bonds. The minimum absolute atomic E-state index is 0.114. The van der Waals surface area contributed by atoms with E-state index in [-0.39, 0.29) is 12.1 Å². The summed E-state index contributed by atoms with van der Waals surface area (Å²) in [7, 11) is 0. The van der Waals surface area contributed by atoms with Crippen LogP contribution >= 0.6 is 0 Å². The molecule has 3 fully saturated rings. The summed E-state index contributed by atoms with van der Waals surface area (Å²) < 4.78 is 0. The lowest BCUT2D eigenvalue weighted by Gasteiger charge is -2.37. The van der Waals surface area contributed by atoms with Crippen LogP contribution in [0.4, 0.5) is 4.79 Å². The van der Waals surface area contributed by atoms with E-state index in [1.54, 1.807) is 0 Å². The number of imide groups is 1. The number of hydrogen-bond donors (Lipinski definition) is 1.